The Kier molecular flexibility index (Phi) is 7.91. The first-order valence-corrected chi connectivity index (χ1v) is 13.3. The largest absolute Gasteiger partial charge is 0.492 e. The van der Waals surface area contributed by atoms with Crippen LogP contribution in [0.5, 0.6) is 5.75 Å². The summed E-state index contributed by atoms with van der Waals surface area (Å²) in [6, 6.07) is 16.9. The summed E-state index contributed by atoms with van der Waals surface area (Å²) in [5.74, 6) is 0.0497. The number of hydrogen-bond donors (Lipinski definition) is 1. The van der Waals surface area contributed by atoms with Gasteiger partial charge in [-0.2, -0.15) is 0 Å². The molecular weight excluding hydrogens is 469 g/mol. The van der Waals surface area contributed by atoms with Gasteiger partial charge in [0.05, 0.1) is 13.2 Å². The molecule has 2 aliphatic rings. The normalized spacial score (nSPS) is 20.7. The molecule has 0 radical (unpaired) electrons. The van der Waals surface area contributed by atoms with Crippen LogP contribution >= 0.6 is 0 Å². The fourth-order valence-electron chi connectivity index (χ4n) is 5.59. The lowest BCUT2D eigenvalue weighted by molar-refractivity contribution is 0.0323. The van der Waals surface area contributed by atoms with E-state index in [2.05, 4.69) is 29.0 Å². The third kappa shape index (κ3) is 5.89. The third-order valence-corrected chi connectivity index (χ3v) is 7.54. The van der Waals surface area contributed by atoms with E-state index in [1.165, 1.54) is 18.6 Å². The highest BCUT2D eigenvalue weighted by atomic mass is 19.1. The van der Waals surface area contributed by atoms with Gasteiger partial charge in [0, 0.05) is 59.4 Å². The van der Waals surface area contributed by atoms with Gasteiger partial charge in [-0.3, -0.25) is 9.69 Å². The minimum absolute atomic E-state index is 0.307. The van der Waals surface area contributed by atoms with Crippen LogP contribution in [0.15, 0.2) is 54.6 Å². The number of rotatable bonds is 7. The molecule has 37 heavy (non-hydrogen) atoms. The zero-order chi connectivity index (χ0) is 25.8. The molecule has 0 aromatic heterocycles. The van der Waals surface area contributed by atoms with Crippen molar-refractivity contribution >= 4 is 28.1 Å². The van der Waals surface area contributed by atoms with Gasteiger partial charge in [-0.15, -0.1) is 0 Å². The summed E-state index contributed by atoms with van der Waals surface area (Å²) in [7, 11) is 0. The molecular formula is C30H36FN3O3. The maximum Gasteiger partial charge on any atom is 0.255 e. The van der Waals surface area contributed by atoms with Crippen LogP contribution in [-0.4, -0.2) is 62.3 Å². The molecule has 2 saturated heterocycles. The molecule has 3 aromatic rings. The Hall–Kier alpha value is -3.16. The van der Waals surface area contributed by atoms with Crippen LogP contribution in [0.1, 0.15) is 43.5 Å². The van der Waals surface area contributed by atoms with E-state index in [1.54, 1.807) is 0 Å². The second-order valence-electron chi connectivity index (χ2n) is 10.1. The summed E-state index contributed by atoms with van der Waals surface area (Å²) in [5.41, 5.74) is 1.75. The van der Waals surface area contributed by atoms with E-state index in [4.69, 9.17) is 9.47 Å². The first kappa shape index (κ1) is 25.5. The summed E-state index contributed by atoms with van der Waals surface area (Å²) >= 11 is 0. The number of hydrogen-bond acceptors (Lipinski definition) is 5. The summed E-state index contributed by atoms with van der Waals surface area (Å²) in [6.07, 6.45) is 3.30. The topological polar surface area (TPSA) is 54.0 Å². The number of carbonyl (C=O) groups is 1. The molecule has 0 bridgehead atoms. The molecule has 0 saturated carbocycles. The molecule has 2 atom stereocenters. The Morgan fingerprint density at radius 2 is 1.76 bits per heavy atom. The van der Waals surface area contributed by atoms with Crippen molar-refractivity contribution in [2.75, 3.05) is 49.7 Å². The van der Waals surface area contributed by atoms with Crippen molar-refractivity contribution in [1.82, 2.24) is 4.90 Å². The van der Waals surface area contributed by atoms with Crippen LogP contribution in [0.4, 0.5) is 15.8 Å². The molecule has 7 heteroatoms. The maximum atomic E-state index is 14.7. The number of amides is 1. The fraction of sp³-hybridized carbons (Fsp3) is 0.433. The van der Waals surface area contributed by atoms with Gasteiger partial charge in [0.25, 0.3) is 5.91 Å². The van der Waals surface area contributed by atoms with Gasteiger partial charge < -0.3 is 19.7 Å². The second kappa shape index (κ2) is 11.5. The van der Waals surface area contributed by atoms with Crippen LogP contribution in [-0.2, 0) is 4.74 Å². The lowest BCUT2D eigenvalue weighted by atomic mass is 9.96. The number of morpholine rings is 1. The van der Waals surface area contributed by atoms with Gasteiger partial charge in [-0.1, -0.05) is 24.3 Å². The maximum absolute atomic E-state index is 14.7. The van der Waals surface area contributed by atoms with E-state index in [9.17, 15) is 9.18 Å². The number of halogens is 1. The van der Waals surface area contributed by atoms with Gasteiger partial charge >= 0.3 is 0 Å². The van der Waals surface area contributed by atoms with Crippen molar-refractivity contribution in [3.8, 4) is 5.75 Å². The lowest BCUT2D eigenvalue weighted by Gasteiger charge is -2.41. The predicted octanol–water partition coefficient (Wildman–Crippen LogP) is 5.71. The van der Waals surface area contributed by atoms with Crippen LogP contribution < -0.4 is 15.0 Å². The molecule has 5 rings (SSSR count). The minimum atomic E-state index is -0.401. The molecule has 1 amide bonds. The van der Waals surface area contributed by atoms with Crippen LogP contribution in [0.2, 0.25) is 0 Å². The number of nitrogens with one attached hydrogen (secondary N) is 1. The smallest absolute Gasteiger partial charge is 0.255 e. The van der Waals surface area contributed by atoms with Gasteiger partial charge in [-0.05, 0) is 63.4 Å². The van der Waals surface area contributed by atoms with Crippen molar-refractivity contribution in [2.45, 2.75) is 45.2 Å². The Bertz CT molecular complexity index is 1230. The third-order valence-electron chi connectivity index (χ3n) is 7.54. The molecule has 0 spiro atoms. The Morgan fingerprint density at radius 3 is 2.51 bits per heavy atom. The number of nitrogens with zero attached hydrogens (tertiary/aromatic N) is 2. The number of benzene rings is 3. The van der Waals surface area contributed by atoms with E-state index in [0.717, 1.165) is 67.9 Å². The van der Waals surface area contributed by atoms with E-state index >= 15 is 0 Å². The van der Waals surface area contributed by atoms with Crippen LogP contribution in [0.3, 0.4) is 0 Å². The second-order valence-corrected chi connectivity index (χ2v) is 10.1. The SMILES string of the molecule is CC1CCCC(C)N1c1cc(F)cc(C(=O)Nc2ccc(OCCN3CCOCC3)c3ccccc23)c1. The number of piperidine rings is 1. The lowest BCUT2D eigenvalue weighted by Crippen LogP contribution is -2.44. The monoisotopic (exact) mass is 505 g/mol. The Balaban J connectivity index is 1.33. The average molecular weight is 506 g/mol. The van der Waals surface area contributed by atoms with Crippen molar-refractivity contribution in [2.24, 2.45) is 0 Å². The first-order chi connectivity index (χ1) is 18.0. The summed E-state index contributed by atoms with van der Waals surface area (Å²) in [4.78, 5) is 17.9. The molecule has 2 heterocycles. The summed E-state index contributed by atoms with van der Waals surface area (Å²) in [5, 5.41) is 4.83. The van der Waals surface area contributed by atoms with Gasteiger partial charge in [0.2, 0.25) is 0 Å². The Labute approximate surface area is 218 Å². The summed E-state index contributed by atoms with van der Waals surface area (Å²) in [6.45, 7) is 9.12. The van der Waals surface area contributed by atoms with Gasteiger partial charge in [0.15, 0.2) is 0 Å². The van der Waals surface area contributed by atoms with Crippen molar-refractivity contribution in [1.29, 1.82) is 0 Å². The summed E-state index contributed by atoms with van der Waals surface area (Å²) < 4.78 is 26.2. The van der Waals surface area contributed by atoms with E-state index in [-0.39, 0.29) is 5.91 Å². The van der Waals surface area contributed by atoms with Crippen molar-refractivity contribution in [3.05, 3.63) is 66.0 Å². The highest BCUT2D eigenvalue weighted by Crippen LogP contribution is 2.33. The molecule has 1 N–H and O–H groups in total. The van der Waals surface area contributed by atoms with Crippen LogP contribution in [0, 0.1) is 5.82 Å². The van der Waals surface area contributed by atoms with E-state index in [1.807, 2.05) is 42.5 Å². The number of anilines is 2. The van der Waals surface area contributed by atoms with Gasteiger partial charge in [-0.25, -0.2) is 4.39 Å². The molecule has 196 valence electrons. The first-order valence-electron chi connectivity index (χ1n) is 13.3. The molecule has 2 aliphatic heterocycles. The molecule has 3 aromatic carbocycles. The highest BCUT2D eigenvalue weighted by molar-refractivity contribution is 6.10. The fourth-order valence-corrected chi connectivity index (χ4v) is 5.59. The van der Waals surface area contributed by atoms with Gasteiger partial charge in [0.1, 0.15) is 18.2 Å². The average Bonchev–Trinajstić information content (AvgIpc) is 2.90. The highest BCUT2D eigenvalue weighted by Gasteiger charge is 2.26. The predicted molar refractivity (Wildman–Crippen MR) is 146 cm³/mol. The van der Waals surface area contributed by atoms with Crippen molar-refractivity contribution < 1.29 is 18.7 Å². The minimum Gasteiger partial charge on any atom is -0.492 e. The number of fused-ring (bicyclic) bond motifs is 1. The van der Waals surface area contributed by atoms with E-state index < -0.39 is 5.82 Å². The Morgan fingerprint density at radius 1 is 1.03 bits per heavy atom. The van der Waals surface area contributed by atoms with E-state index in [0.29, 0.717) is 29.9 Å². The number of ether oxygens (including phenoxy) is 2. The zero-order valence-corrected chi connectivity index (χ0v) is 21.7. The molecule has 2 fully saturated rings. The number of carbonyl (C=O) groups excluding carboxylic acids is 1. The van der Waals surface area contributed by atoms with Crippen molar-refractivity contribution in [3.63, 3.8) is 0 Å². The standard InChI is InChI=1S/C30H36FN3O3/c1-21-6-5-7-22(2)34(21)25-19-23(18-24(31)20-25)30(35)32-28-10-11-29(27-9-4-3-8-26(27)28)37-17-14-33-12-15-36-16-13-33/h3-4,8-11,18-22H,5-7,12-17H2,1-2H3,(H,32,35). The molecule has 2 unspecified atom stereocenters. The quantitative estimate of drug-likeness (QED) is 0.446. The zero-order valence-electron chi connectivity index (χ0n) is 21.7. The molecule has 0 aliphatic carbocycles. The molecule has 6 nitrogen and oxygen atoms in total. The van der Waals surface area contributed by atoms with Crippen LogP contribution in [0.25, 0.3) is 10.8 Å².